The van der Waals surface area contributed by atoms with Gasteiger partial charge in [0.15, 0.2) is 10.8 Å². The SMILES string of the molecule is CC(=O)OCC1=CC(n2cnc3c(Cl)ncnc32)C1. The van der Waals surface area contributed by atoms with Crippen molar-refractivity contribution in [2.75, 3.05) is 6.61 Å². The van der Waals surface area contributed by atoms with E-state index in [2.05, 4.69) is 15.0 Å². The molecule has 1 atom stereocenters. The van der Waals surface area contributed by atoms with Gasteiger partial charge in [0.2, 0.25) is 0 Å². The van der Waals surface area contributed by atoms with Crippen LogP contribution in [0.1, 0.15) is 19.4 Å². The molecule has 19 heavy (non-hydrogen) atoms. The van der Waals surface area contributed by atoms with Gasteiger partial charge in [0, 0.05) is 6.92 Å². The Morgan fingerprint density at radius 3 is 3.05 bits per heavy atom. The van der Waals surface area contributed by atoms with Gasteiger partial charge in [0.25, 0.3) is 0 Å². The first-order valence-electron chi connectivity index (χ1n) is 5.81. The maximum Gasteiger partial charge on any atom is 0.302 e. The summed E-state index contributed by atoms with van der Waals surface area (Å²) in [6, 6.07) is 0.182. The van der Waals surface area contributed by atoms with Crippen molar-refractivity contribution in [2.45, 2.75) is 19.4 Å². The van der Waals surface area contributed by atoms with Gasteiger partial charge in [-0.15, -0.1) is 0 Å². The van der Waals surface area contributed by atoms with E-state index >= 15 is 0 Å². The normalized spacial score (nSPS) is 18.0. The number of fused-ring (bicyclic) bond motifs is 1. The van der Waals surface area contributed by atoms with E-state index in [0.29, 0.717) is 22.9 Å². The molecule has 0 saturated heterocycles. The number of esters is 1. The van der Waals surface area contributed by atoms with E-state index in [1.165, 1.54) is 13.3 Å². The van der Waals surface area contributed by atoms with Crippen LogP contribution in [0.2, 0.25) is 5.15 Å². The first-order chi connectivity index (χ1) is 9.15. The number of ether oxygens (including phenoxy) is 1. The van der Waals surface area contributed by atoms with Crippen molar-refractivity contribution in [3.8, 4) is 0 Å². The number of halogens is 1. The maximum absolute atomic E-state index is 10.7. The van der Waals surface area contributed by atoms with Gasteiger partial charge < -0.3 is 9.30 Å². The molecule has 1 aliphatic carbocycles. The molecule has 0 spiro atoms. The summed E-state index contributed by atoms with van der Waals surface area (Å²) in [4.78, 5) is 23.0. The zero-order chi connectivity index (χ0) is 13.4. The molecule has 2 aromatic heterocycles. The molecule has 2 heterocycles. The van der Waals surface area contributed by atoms with Crippen molar-refractivity contribution in [2.24, 2.45) is 0 Å². The second kappa shape index (κ2) is 4.62. The molecular weight excluding hydrogens is 268 g/mol. The minimum Gasteiger partial charge on any atom is -0.461 e. The Balaban J connectivity index is 1.80. The molecular formula is C12H11ClN4O2. The van der Waals surface area contributed by atoms with Crippen LogP contribution in [-0.4, -0.2) is 32.1 Å². The fraction of sp³-hybridized carbons (Fsp3) is 0.333. The van der Waals surface area contributed by atoms with Crippen molar-refractivity contribution >= 4 is 28.7 Å². The standard InChI is InChI=1S/C12H11ClN4O2/c1-7(18)19-4-8-2-9(3-8)17-6-16-10-11(13)14-5-15-12(10)17/h2,5-6,9H,3-4H2,1H3. The average molecular weight is 279 g/mol. The number of carbonyl (C=O) groups is 1. The van der Waals surface area contributed by atoms with Crippen LogP contribution in [0.3, 0.4) is 0 Å². The minimum absolute atomic E-state index is 0.182. The molecule has 0 amide bonds. The quantitative estimate of drug-likeness (QED) is 0.487. The summed E-state index contributed by atoms with van der Waals surface area (Å²) in [6.07, 6.45) is 5.99. The van der Waals surface area contributed by atoms with Crippen LogP contribution in [0, 0.1) is 0 Å². The molecule has 3 rings (SSSR count). The van der Waals surface area contributed by atoms with Gasteiger partial charge in [0.1, 0.15) is 18.5 Å². The zero-order valence-electron chi connectivity index (χ0n) is 10.2. The topological polar surface area (TPSA) is 69.9 Å². The fourth-order valence-electron chi connectivity index (χ4n) is 2.05. The van der Waals surface area contributed by atoms with Crippen LogP contribution in [0.25, 0.3) is 11.2 Å². The molecule has 1 aliphatic rings. The predicted octanol–water partition coefficient (Wildman–Crippen LogP) is 1.91. The fourth-order valence-corrected chi connectivity index (χ4v) is 2.23. The van der Waals surface area contributed by atoms with Gasteiger partial charge >= 0.3 is 5.97 Å². The Bertz CT molecular complexity index is 679. The summed E-state index contributed by atoms with van der Waals surface area (Å²) in [5, 5.41) is 0.354. The van der Waals surface area contributed by atoms with E-state index in [0.717, 1.165) is 12.0 Å². The van der Waals surface area contributed by atoms with Crippen LogP contribution < -0.4 is 0 Å². The highest BCUT2D eigenvalue weighted by atomic mass is 35.5. The van der Waals surface area contributed by atoms with Crippen LogP contribution in [-0.2, 0) is 9.53 Å². The molecule has 0 saturated carbocycles. The summed E-state index contributed by atoms with van der Waals surface area (Å²) < 4.78 is 6.88. The third-order valence-electron chi connectivity index (χ3n) is 3.03. The van der Waals surface area contributed by atoms with Crippen molar-refractivity contribution in [1.29, 1.82) is 0 Å². The number of rotatable bonds is 3. The highest BCUT2D eigenvalue weighted by Crippen LogP contribution is 2.33. The van der Waals surface area contributed by atoms with Gasteiger partial charge in [-0.05, 0) is 12.0 Å². The molecule has 7 heteroatoms. The monoisotopic (exact) mass is 278 g/mol. The Labute approximate surface area is 114 Å². The van der Waals surface area contributed by atoms with Crippen molar-refractivity contribution in [1.82, 2.24) is 19.5 Å². The van der Waals surface area contributed by atoms with Gasteiger partial charge in [-0.2, -0.15) is 0 Å². The van der Waals surface area contributed by atoms with E-state index < -0.39 is 0 Å². The lowest BCUT2D eigenvalue weighted by Gasteiger charge is -2.26. The van der Waals surface area contributed by atoms with Crippen LogP contribution in [0.5, 0.6) is 0 Å². The van der Waals surface area contributed by atoms with Crippen molar-refractivity contribution in [3.63, 3.8) is 0 Å². The molecule has 1 unspecified atom stereocenters. The molecule has 0 aliphatic heterocycles. The van der Waals surface area contributed by atoms with E-state index in [4.69, 9.17) is 16.3 Å². The van der Waals surface area contributed by atoms with Crippen LogP contribution >= 0.6 is 11.6 Å². The third kappa shape index (κ3) is 2.19. The van der Waals surface area contributed by atoms with Crippen molar-refractivity contribution in [3.05, 3.63) is 29.5 Å². The van der Waals surface area contributed by atoms with Crippen LogP contribution in [0.4, 0.5) is 0 Å². The summed E-state index contributed by atoms with van der Waals surface area (Å²) in [5.41, 5.74) is 2.42. The van der Waals surface area contributed by atoms with Gasteiger partial charge in [-0.1, -0.05) is 17.7 Å². The number of allylic oxidation sites excluding steroid dienone is 1. The maximum atomic E-state index is 10.7. The van der Waals surface area contributed by atoms with Crippen LogP contribution in [0.15, 0.2) is 24.3 Å². The number of hydrogen-bond donors (Lipinski definition) is 0. The molecule has 0 bridgehead atoms. The molecule has 98 valence electrons. The largest absolute Gasteiger partial charge is 0.461 e. The summed E-state index contributed by atoms with van der Waals surface area (Å²) in [6.45, 7) is 1.76. The smallest absolute Gasteiger partial charge is 0.302 e. The highest BCUT2D eigenvalue weighted by molar-refractivity contribution is 6.33. The summed E-state index contributed by atoms with van der Waals surface area (Å²) in [7, 11) is 0. The van der Waals surface area contributed by atoms with Gasteiger partial charge in [-0.25, -0.2) is 15.0 Å². The number of nitrogens with zero attached hydrogens (tertiary/aromatic N) is 4. The molecule has 2 aromatic rings. The number of carbonyl (C=O) groups excluding carboxylic acids is 1. The molecule has 0 aromatic carbocycles. The number of aromatic nitrogens is 4. The zero-order valence-corrected chi connectivity index (χ0v) is 11.0. The second-order valence-corrected chi connectivity index (χ2v) is 4.72. The Kier molecular flexibility index (Phi) is 2.94. The van der Waals surface area contributed by atoms with Gasteiger partial charge in [-0.3, -0.25) is 4.79 Å². The molecule has 6 nitrogen and oxygen atoms in total. The molecule has 0 N–H and O–H groups in total. The first kappa shape index (κ1) is 12.1. The second-order valence-electron chi connectivity index (χ2n) is 4.37. The van der Waals surface area contributed by atoms with E-state index in [1.807, 2.05) is 10.6 Å². The Morgan fingerprint density at radius 2 is 2.32 bits per heavy atom. The Morgan fingerprint density at radius 1 is 1.53 bits per heavy atom. The molecule has 0 radical (unpaired) electrons. The Hall–Kier alpha value is -1.95. The highest BCUT2D eigenvalue weighted by Gasteiger charge is 2.23. The lowest BCUT2D eigenvalue weighted by molar-refractivity contribution is -0.140. The number of imidazole rings is 1. The lowest BCUT2D eigenvalue weighted by atomic mass is 9.93. The summed E-state index contributed by atoms with van der Waals surface area (Å²) >= 11 is 5.95. The minimum atomic E-state index is -0.267. The van der Waals surface area contributed by atoms with Crippen molar-refractivity contribution < 1.29 is 9.53 Å². The van der Waals surface area contributed by atoms with E-state index in [-0.39, 0.29) is 12.0 Å². The van der Waals surface area contributed by atoms with Gasteiger partial charge in [0.05, 0.1) is 12.4 Å². The summed E-state index contributed by atoms with van der Waals surface area (Å²) in [5.74, 6) is -0.267. The van der Waals surface area contributed by atoms with E-state index in [1.54, 1.807) is 6.33 Å². The predicted molar refractivity (Wildman–Crippen MR) is 68.7 cm³/mol. The molecule has 0 fully saturated rings. The number of hydrogen-bond acceptors (Lipinski definition) is 5. The first-order valence-corrected chi connectivity index (χ1v) is 6.19. The lowest BCUT2D eigenvalue weighted by Crippen LogP contribution is -2.19. The average Bonchev–Trinajstić information content (AvgIpc) is 2.72. The third-order valence-corrected chi connectivity index (χ3v) is 3.31. The van der Waals surface area contributed by atoms with E-state index in [9.17, 15) is 4.79 Å².